The molecule has 1 N–H and O–H groups in total. The van der Waals surface area contributed by atoms with Gasteiger partial charge in [0.25, 0.3) is 0 Å². The first-order valence-corrected chi connectivity index (χ1v) is 10.7. The third kappa shape index (κ3) is 4.78. The van der Waals surface area contributed by atoms with Crippen LogP contribution in [0.3, 0.4) is 0 Å². The van der Waals surface area contributed by atoms with Crippen LogP contribution < -0.4 is 19.1 Å². The number of halogens is 3. The number of sulfonamides is 1. The molecule has 1 amide bonds. The normalized spacial score (nSPS) is 14.7. The molecule has 2 aromatic carbocycles. The van der Waals surface area contributed by atoms with E-state index in [1.54, 1.807) is 6.07 Å². The lowest BCUT2D eigenvalue weighted by Crippen LogP contribution is -2.45. The highest BCUT2D eigenvalue weighted by Gasteiger charge is 2.32. The Hall–Kier alpha value is -2.95. The predicted molar refractivity (Wildman–Crippen MR) is 104 cm³/mol. The molecular weight excluding hydrogens is 425 g/mol. The molecule has 0 unspecified atom stereocenters. The summed E-state index contributed by atoms with van der Waals surface area (Å²) in [5.41, 5.74) is -0.560. The van der Waals surface area contributed by atoms with Gasteiger partial charge in [0, 0.05) is 11.8 Å². The van der Waals surface area contributed by atoms with Crippen molar-refractivity contribution < 1.29 is 35.9 Å². The lowest BCUT2D eigenvalue weighted by molar-refractivity contribution is -0.137. The molecule has 1 aliphatic rings. The lowest BCUT2D eigenvalue weighted by atomic mass is 10.2. The first kappa shape index (κ1) is 21.8. The van der Waals surface area contributed by atoms with Crippen LogP contribution in [0.2, 0.25) is 0 Å². The van der Waals surface area contributed by atoms with Crippen LogP contribution in [0.4, 0.5) is 24.5 Å². The van der Waals surface area contributed by atoms with E-state index in [-0.39, 0.29) is 11.4 Å². The van der Waals surface area contributed by atoms with Crippen LogP contribution in [0.1, 0.15) is 12.5 Å². The molecule has 30 heavy (non-hydrogen) atoms. The predicted octanol–water partition coefficient (Wildman–Crippen LogP) is 3.27. The maximum Gasteiger partial charge on any atom is 0.416 e. The molecule has 162 valence electrons. The molecule has 3 rings (SSSR count). The van der Waals surface area contributed by atoms with Gasteiger partial charge in [0.2, 0.25) is 15.9 Å². The van der Waals surface area contributed by atoms with Gasteiger partial charge < -0.3 is 14.8 Å². The van der Waals surface area contributed by atoms with Gasteiger partial charge in [-0.3, -0.25) is 9.10 Å². The summed E-state index contributed by atoms with van der Waals surface area (Å²) in [5, 5.41) is 2.44. The van der Waals surface area contributed by atoms with Gasteiger partial charge in [-0.15, -0.1) is 0 Å². The Morgan fingerprint density at radius 2 is 1.67 bits per heavy atom. The molecule has 0 spiro atoms. The number of carbonyl (C=O) groups is 1. The van der Waals surface area contributed by atoms with Crippen molar-refractivity contribution in [3.8, 4) is 11.5 Å². The zero-order valence-electron chi connectivity index (χ0n) is 16.1. The van der Waals surface area contributed by atoms with Gasteiger partial charge in [-0.25, -0.2) is 8.42 Å². The largest absolute Gasteiger partial charge is 0.486 e. The van der Waals surface area contributed by atoms with Gasteiger partial charge in [0.05, 0.1) is 17.5 Å². The van der Waals surface area contributed by atoms with Gasteiger partial charge in [-0.1, -0.05) is 0 Å². The Balaban J connectivity index is 1.83. The molecule has 1 atom stereocenters. The second-order valence-corrected chi connectivity index (χ2v) is 8.49. The Morgan fingerprint density at radius 1 is 1.07 bits per heavy atom. The van der Waals surface area contributed by atoms with E-state index in [0.717, 1.165) is 34.8 Å². The van der Waals surface area contributed by atoms with E-state index in [1.165, 1.54) is 19.1 Å². The number of ether oxygens (including phenoxy) is 2. The zero-order valence-corrected chi connectivity index (χ0v) is 16.9. The molecule has 0 radical (unpaired) electrons. The fraction of sp³-hybridized carbons (Fsp3) is 0.316. The van der Waals surface area contributed by atoms with E-state index in [4.69, 9.17) is 9.47 Å². The van der Waals surface area contributed by atoms with Crippen molar-refractivity contribution in [1.82, 2.24) is 0 Å². The van der Waals surface area contributed by atoms with E-state index in [0.29, 0.717) is 24.7 Å². The van der Waals surface area contributed by atoms with Crippen molar-refractivity contribution >= 4 is 27.3 Å². The number of hydrogen-bond acceptors (Lipinski definition) is 5. The Morgan fingerprint density at radius 3 is 2.23 bits per heavy atom. The highest BCUT2D eigenvalue weighted by Crippen LogP contribution is 2.35. The molecule has 1 aliphatic heterocycles. The summed E-state index contributed by atoms with van der Waals surface area (Å²) < 4.78 is 74.6. The first-order chi connectivity index (χ1) is 14.0. The number of anilines is 2. The molecule has 1 heterocycles. The quantitative estimate of drug-likeness (QED) is 0.765. The summed E-state index contributed by atoms with van der Waals surface area (Å²) in [6.07, 6.45) is -3.55. The summed E-state index contributed by atoms with van der Waals surface area (Å²) in [5.74, 6) is 0.0955. The topological polar surface area (TPSA) is 84.9 Å². The summed E-state index contributed by atoms with van der Waals surface area (Å²) >= 11 is 0. The molecule has 0 aromatic heterocycles. The SMILES string of the molecule is C[C@@H](C(=O)Nc1ccc(C(F)(F)F)cc1)N(c1ccc2c(c1)OCCO2)S(C)(=O)=O. The van der Waals surface area contributed by atoms with Crippen LogP contribution in [0, 0.1) is 0 Å². The van der Waals surface area contributed by atoms with Crippen LogP contribution in [0.25, 0.3) is 0 Å². The van der Waals surface area contributed by atoms with Gasteiger partial charge in [0.15, 0.2) is 11.5 Å². The van der Waals surface area contributed by atoms with Crippen LogP contribution in [-0.2, 0) is 21.0 Å². The number of fused-ring (bicyclic) bond motifs is 1. The highest BCUT2D eigenvalue weighted by molar-refractivity contribution is 7.92. The third-order valence-corrected chi connectivity index (χ3v) is 5.59. The maximum atomic E-state index is 12.7. The van der Waals surface area contributed by atoms with Gasteiger partial charge >= 0.3 is 6.18 Å². The average molecular weight is 444 g/mol. The van der Waals surface area contributed by atoms with Crippen molar-refractivity contribution in [3.63, 3.8) is 0 Å². The van der Waals surface area contributed by atoms with Crippen LogP contribution in [0.5, 0.6) is 11.5 Å². The molecule has 0 fully saturated rings. The highest BCUT2D eigenvalue weighted by atomic mass is 32.2. The molecule has 2 aromatic rings. The zero-order chi connectivity index (χ0) is 22.1. The van der Waals surface area contributed by atoms with E-state index in [2.05, 4.69) is 5.32 Å². The van der Waals surface area contributed by atoms with E-state index < -0.39 is 33.7 Å². The fourth-order valence-corrected chi connectivity index (χ4v) is 4.13. The summed E-state index contributed by atoms with van der Waals surface area (Å²) in [4.78, 5) is 12.6. The minimum atomic E-state index is -4.50. The number of carbonyl (C=O) groups excluding carboxylic acids is 1. The average Bonchev–Trinajstić information content (AvgIpc) is 2.66. The number of nitrogens with zero attached hydrogens (tertiary/aromatic N) is 1. The van der Waals surface area contributed by atoms with Gasteiger partial charge in [0.1, 0.15) is 19.3 Å². The van der Waals surface area contributed by atoms with Crippen molar-refractivity contribution in [3.05, 3.63) is 48.0 Å². The Labute approximate surface area is 171 Å². The second-order valence-electron chi connectivity index (χ2n) is 6.63. The summed E-state index contributed by atoms with van der Waals surface area (Å²) in [6, 6.07) is 7.15. The fourth-order valence-electron chi connectivity index (χ4n) is 2.97. The van der Waals surface area contributed by atoms with Crippen LogP contribution in [0.15, 0.2) is 42.5 Å². The third-order valence-electron chi connectivity index (χ3n) is 4.35. The minimum Gasteiger partial charge on any atom is -0.486 e. The smallest absolute Gasteiger partial charge is 0.416 e. The molecular formula is C19H19F3N2O5S. The Bertz CT molecular complexity index is 1040. The number of amides is 1. The van der Waals surface area contributed by atoms with Gasteiger partial charge in [-0.2, -0.15) is 13.2 Å². The van der Waals surface area contributed by atoms with E-state index >= 15 is 0 Å². The van der Waals surface area contributed by atoms with Crippen molar-refractivity contribution in [2.24, 2.45) is 0 Å². The van der Waals surface area contributed by atoms with E-state index in [9.17, 15) is 26.4 Å². The monoisotopic (exact) mass is 444 g/mol. The van der Waals surface area contributed by atoms with Crippen molar-refractivity contribution in [1.29, 1.82) is 0 Å². The number of alkyl halides is 3. The lowest BCUT2D eigenvalue weighted by Gasteiger charge is -2.29. The second kappa shape index (κ2) is 8.05. The van der Waals surface area contributed by atoms with Crippen LogP contribution in [-0.4, -0.2) is 39.8 Å². The number of rotatable bonds is 5. The summed E-state index contributed by atoms with van der Waals surface area (Å²) in [6.45, 7) is 2.05. The van der Waals surface area contributed by atoms with Crippen molar-refractivity contribution in [2.45, 2.75) is 19.1 Å². The first-order valence-electron chi connectivity index (χ1n) is 8.84. The maximum absolute atomic E-state index is 12.7. The number of hydrogen-bond donors (Lipinski definition) is 1. The number of nitrogens with one attached hydrogen (secondary N) is 1. The molecule has 0 aliphatic carbocycles. The van der Waals surface area contributed by atoms with Crippen LogP contribution >= 0.6 is 0 Å². The minimum absolute atomic E-state index is 0.107. The Kier molecular flexibility index (Phi) is 5.84. The molecule has 0 saturated heterocycles. The van der Waals surface area contributed by atoms with Crippen molar-refractivity contribution in [2.75, 3.05) is 29.1 Å². The summed E-state index contributed by atoms with van der Waals surface area (Å²) in [7, 11) is -3.88. The molecule has 7 nitrogen and oxygen atoms in total. The molecule has 0 saturated carbocycles. The molecule has 0 bridgehead atoms. The van der Waals surface area contributed by atoms with E-state index in [1.807, 2.05) is 0 Å². The number of benzene rings is 2. The van der Waals surface area contributed by atoms with Gasteiger partial charge in [-0.05, 0) is 43.3 Å². The molecule has 11 heteroatoms. The standard InChI is InChI=1S/C19H19F3N2O5S/c1-12(18(25)23-14-5-3-13(4-6-14)19(20,21)22)24(30(2,26)27)15-7-8-16-17(11-15)29-10-9-28-16/h3-8,11-12H,9-10H2,1-2H3,(H,23,25)/t12-/m0/s1.